The quantitative estimate of drug-likeness (QED) is 0.0704. The van der Waals surface area contributed by atoms with Crippen LogP contribution in [-0.2, 0) is 51.1 Å². The summed E-state index contributed by atoms with van der Waals surface area (Å²) in [5.74, 6) is -3.59. The summed E-state index contributed by atoms with van der Waals surface area (Å²) in [7, 11) is 0. The van der Waals surface area contributed by atoms with Gasteiger partial charge in [-0.15, -0.1) is 0 Å². The zero-order valence-corrected chi connectivity index (χ0v) is 58.0. The molecule has 6 aromatic carbocycles. The Morgan fingerprint density at radius 1 is 0.458 bits per heavy atom. The number of nitrogens with zero attached hydrogens (tertiary/aromatic N) is 2. The van der Waals surface area contributed by atoms with Gasteiger partial charge in [0.05, 0.1) is 59.8 Å². The van der Waals surface area contributed by atoms with Crippen molar-refractivity contribution in [1.29, 1.82) is 0 Å². The zero-order chi connectivity index (χ0) is 69.3. The van der Waals surface area contributed by atoms with Crippen LogP contribution in [0.4, 0.5) is 20.2 Å². The number of aromatic nitrogens is 2. The van der Waals surface area contributed by atoms with Gasteiger partial charge in [-0.25, -0.2) is 8.78 Å². The van der Waals surface area contributed by atoms with E-state index in [2.05, 4.69) is 47.5 Å². The lowest BCUT2D eigenvalue weighted by molar-refractivity contribution is -0.301. The fraction of sp³-hybridized carbons (Fsp3) is 0.400. The number of carbonyl (C=O) groups excluding carboxylic acids is 4. The van der Waals surface area contributed by atoms with Gasteiger partial charge in [-0.2, -0.15) is 0 Å². The van der Waals surface area contributed by atoms with Crippen LogP contribution in [0.1, 0.15) is 179 Å². The molecule has 2 aromatic heterocycles. The second-order valence-electron chi connectivity index (χ2n) is 28.4. The van der Waals surface area contributed by atoms with Gasteiger partial charge in [0, 0.05) is 59.8 Å². The first-order valence-electron chi connectivity index (χ1n) is 33.4. The van der Waals surface area contributed by atoms with E-state index in [0.29, 0.717) is 61.3 Å². The number of ether oxygens (including phenoxy) is 6. The Kier molecular flexibility index (Phi) is 22.9. The third-order valence-corrected chi connectivity index (χ3v) is 16.4. The largest absolute Gasteiger partial charge is 0.460 e. The molecule has 2 aliphatic heterocycles. The lowest BCUT2D eigenvalue weighted by Gasteiger charge is -2.41. The number of benzene rings is 6. The molecule has 0 bridgehead atoms. The number of para-hydroxylation sites is 2. The second-order valence-corrected chi connectivity index (χ2v) is 28.4. The molecular formula is C80H94F2N4O10. The molecule has 0 saturated carbocycles. The highest BCUT2D eigenvalue weighted by molar-refractivity contribution is 6.13. The third-order valence-electron chi connectivity index (χ3n) is 16.4. The second kappa shape index (κ2) is 30.7. The van der Waals surface area contributed by atoms with Gasteiger partial charge >= 0.3 is 11.9 Å². The van der Waals surface area contributed by atoms with Gasteiger partial charge in [0.2, 0.25) is 0 Å². The molecule has 4 heterocycles. The molecule has 0 unspecified atom stereocenters. The maximum Gasteiger partial charge on any atom is 0.308 e. The van der Waals surface area contributed by atoms with E-state index in [0.717, 1.165) is 56.2 Å². The first-order chi connectivity index (χ1) is 45.4. The summed E-state index contributed by atoms with van der Waals surface area (Å²) in [6.45, 7) is 27.9. The Bertz CT molecular complexity index is 3670. The van der Waals surface area contributed by atoms with Crippen LogP contribution in [0.5, 0.6) is 0 Å². The number of amides is 2. The number of esters is 2. The number of nitrogens with one attached hydrogen (secondary N) is 2. The Labute approximate surface area is 565 Å². The normalized spacial score (nSPS) is 17.7. The molecule has 8 aromatic rings. The van der Waals surface area contributed by atoms with Gasteiger partial charge in [-0.3, -0.25) is 19.2 Å². The molecule has 2 saturated heterocycles. The van der Waals surface area contributed by atoms with E-state index in [1.807, 2.05) is 191 Å². The molecule has 2 amide bonds. The van der Waals surface area contributed by atoms with Crippen molar-refractivity contribution in [2.45, 2.75) is 208 Å². The molecule has 0 spiro atoms. The van der Waals surface area contributed by atoms with Crippen molar-refractivity contribution in [2.75, 3.05) is 10.6 Å². The summed E-state index contributed by atoms with van der Waals surface area (Å²) in [5.41, 5.74) is 9.73. The number of anilines is 2. The van der Waals surface area contributed by atoms with Crippen LogP contribution in [0.3, 0.4) is 0 Å². The first-order valence-corrected chi connectivity index (χ1v) is 33.4. The average molecular weight is 1310 g/mol. The van der Waals surface area contributed by atoms with Crippen LogP contribution >= 0.6 is 0 Å². The summed E-state index contributed by atoms with van der Waals surface area (Å²) in [4.78, 5) is 54.2. The minimum Gasteiger partial charge on any atom is -0.460 e. The van der Waals surface area contributed by atoms with Crippen molar-refractivity contribution in [1.82, 2.24) is 9.13 Å². The summed E-state index contributed by atoms with van der Waals surface area (Å²) < 4.78 is 69.2. The molecule has 16 heteroatoms. The summed E-state index contributed by atoms with van der Waals surface area (Å²) in [5, 5.41) is 6.25. The standard InChI is InChI=1S/2C40H47FN2O5/c2*1-26(2)36-35(38(45)42-30-16-12-9-13-17-30)34(27-14-10-8-11-15-27)37(28-18-20-29(41)21-19-28)43(36)23-22-31-24-32(47-40(6,7)46-31)25-33(44)48-39(3,4)5/h2*8-21,26,31-32H,22-25H2,1-7H3,(H,42,45)/t2*31-,32-/m00/s1. The van der Waals surface area contributed by atoms with Gasteiger partial charge in [0.15, 0.2) is 11.6 Å². The van der Waals surface area contributed by atoms with Crippen LogP contribution < -0.4 is 10.6 Å². The van der Waals surface area contributed by atoms with E-state index in [4.69, 9.17) is 28.4 Å². The third kappa shape index (κ3) is 18.9. The number of carbonyl (C=O) groups is 4. The lowest BCUT2D eigenvalue weighted by Crippen LogP contribution is -2.46. The van der Waals surface area contributed by atoms with Crippen LogP contribution in [0.15, 0.2) is 170 Å². The lowest BCUT2D eigenvalue weighted by atomic mass is 9.94. The van der Waals surface area contributed by atoms with Crippen LogP contribution in [-0.4, -0.2) is 80.1 Å². The highest BCUT2D eigenvalue weighted by Crippen LogP contribution is 2.46. The van der Waals surface area contributed by atoms with Crippen molar-refractivity contribution < 1.29 is 56.4 Å². The van der Waals surface area contributed by atoms with Gasteiger partial charge < -0.3 is 48.2 Å². The first kappa shape index (κ1) is 71.7. The van der Waals surface area contributed by atoms with Crippen LogP contribution in [0, 0.1) is 11.6 Å². The number of hydrogen-bond donors (Lipinski definition) is 2. The van der Waals surface area contributed by atoms with Gasteiger partial charge in [0.1, 0.15) is 22.8 Å². The molecule has 508 valence electrons. The van der Waals surface area contributed by atoms with Crippen molar-refractivity contribution in [3.8, 4) is 44.8 Å². The molecule has 0 aliphatic carbocycles. The van der Waals surface area contributed by atoms with Crippen molar-refractivity contribution in [2.24, 2.45) is 0 Å². The Morgan fingerprint density at radius 3 is 1.06 bits per heavy atom. The van der Waals surface area contributed by atoms with Crippen molar-refractivity contribution in [3.63, 3.8) is 0 Å². The smallest absolute Gasteiger partial charge is 0.308 e. The maximum atomic E-state index is 14.4. The van der Waals surface area contributed by atoms with E-state index in [1.54, 1.807) is 24.3 Å². The average Bonchev–Trinajstić information content (AvgIpc) is 1.60. The fourth-order valence-electron chi connectivity index (χ4n) is 13.1. The SMILES string of the molecule is CC(C)c1c(C(=O)Nc2ccccc2)c(-c2ccccc2)c(-c2ccc(F)cc2)n1CC[C@H]1C[C@@H](CC(=O)OC(C)(C)C)OC(C)(C)O1.CC(C)c1c(C(=O)Nc2ccccc2)c(-c2ccccc2)c(-c2ccc(F)cc2)n1CC[C@H]1C[C@@H](CC(=O)OC(C)(C)C)OC(C)(C)O1. The predicted molar refractivity (Wildman–Crippen MR) is 375 cm³/mol. The van der Waals surface area contributed by atoms with Crippen LogP contribution in [0.25, 0.3) is 44.8 Å². The van der Waals surface area contributed by atoms with E-state index in [9.17, 15) is 28.0 Å². The molecule has 2 N–H and O–H groups in total. The van der Waals surface area contributed by atoms with Crippen molar-refractivity contribution in [3.05, 3.63) is 204 Å². The fourth-order valence-corrected chi connectivity index (χ4v) is 13.1. The summed E-state index contributed by atoms with van der Waals surface area (Å²) in [6.07, 6.45) is 1.27. The number of hydrogen-bond acceptors (Lipinski definition) is 10. The molecule has 2 aliphatic rings. The van der Waals surface area contributed by atoms with E-state index in [1.165, 1.54) is 24.3 Å². The molecule has 4 atom stereocenters. The Morgan fingerprint density at radius 2 is 0.760 bits per heavy atom. The monoisotopic (exact) mass is 1310 g/mol. The topological polar surface area (TPSA) is 158 Å². The minimum absolute atomic E-state index is 0.0369. The van der Waals surface area contributed by atoms with Crippen molar-refractivity contribution >= 4 is 35.1 Å². The summed E-state index contributed by atoms with van der Waals surface area (Å²) >= 11 is 0. The van der Waals surface area contributed by atoms with Gasteiger partial charge in [0.25, 0.3) is 11.8 Å². The number of rotatable bonds is 20. The van der Waals surface area contributed by atoms with Crippen LogP contribution in [0.2, 0.25) is 0 Å². The Balaban J connectivity index is 0.000000225. The Hall–Kier alpha value is -8.54. The molecule has 14 nitrogen and oxygen atoms in total. The molecule has 0 radical (unpaired) electrons. The zero-order valence-electron chi connectivity index (χ0n) is 58.0. The molecular weight excluding hydrogens is 1210 g/mol. The van der Waals surface area contributed by atoms with E-state index >= 15 is 0 Å². The molecule has 10 rings (SSSR count). The summed E-state index contributed by atoms with van der Waals surface area (Å²) in [6, 6.07) is 51.4. The van der Waals surface area contributed by atoms with E-state index in [-0.39, 0.29) is 84.5 Å². The molecule has 96 heavy (non-hydrogen) atoms. The van der Waals surface area contributed by atoms with E-state index < -0.39 is 22.8 Å². The molecule has 2 fully saturated rings. The van der Waals surface area contributed by atoms with Gasteiger partial charge in [-0.05, 0) is 189 Å². The number of halogens is 2. The minimum atomic E-state index is -0.900. The highest BCUT2D eigenvalue weighted by Gasteiger charge is 2.41. The highest BCUT2D eigenvalue weighted by atomic mass is 19.1. The van der Waals surface area contributed by atoms with Gasteiger partial charge in [-0.1, -0.05) is 125 Å². The predicted octanol–water partition coefficient (Wildman–Crippen LogP) is 18.7. The maximum absolute atomic E-state index is 14.4.